The molecule has 1 aliphatic carbocycles. The van der Waals surface area contributed by atoms with Gasteiger partial charge < -0.3 is 14.8 Å². The molecule has 0 atom stereocenters. The van der Waals surface area contributed by atoms with Gasteiger partial charge in [0.05, 0.1) is 13.2 Å². The molecule has 4 heteroatoms. The van der Waals surface area contributed by atoms with Crippen LogP contribution < -0.4 is 5.32 Å². The largest absolute Gasteiger partial charge is 0.468 e. The van der Waals surface area contributed by atoms with Crippen LogP contribution in [0.15, 0.2) is 0 Å². The van der Waals surface area contributed by atoms with Crippen molar-refractivity contribution in [1.82, 2.24) is 5.32 Å². The Hall–Kier alpha value is -0.610. The third-order valence-corrected chi connectivity index (χ3v) is 2.65. The molecular formula is C10H19NO3. The van der Waals surface area contributed by atoms with Crippen molar-refractivity contribution in [2.45, 2.75) is 38.3 Å². The molecule has 0 aromatic heterocycles. The van der Waals surface area contributed by atoms with Gasteiger partial charge in [0, 0.05) is 19.4 Å². The summed E-state index contributed by atoms with van der Waals surface area (Å²) in [5.41, 5.74) is -0.483. The van der Waals surface area contributed by atoms with Gasteiger partial charge in [-0.15, -0.1) is 0 Å². The van der Waals surface area contributed by atoms with Gasteiger partial charge in [-0.25, -0.2) is 0 Å². The topological polar surface area (TPSA) is 47.6 Å². The minimum Gasteiger partial charge on any atom is -0.468 e. The van der Waals surface area contributed by atoms with Crippen LogP contribution in [0.25, 0.3) is 0 Å². The van der Waals surface area contributed by atoms with Crippen molar-refractivity contribution < 1.29 is 14.3 Å². The molecule has 0 saturated heterocycles. The second-order valence-electron chi connectivity index (χ2n) is 3.59. The van der Waals surface area contributed by atoms with Gasteiger partial charge in [0.25, 0.3) is 0 Å². The highest BCUT2D eigenvalue weighted by Crippen LogP contribution is 2.35. The molecule has 4 nitrogen and oxygen atoms in total. The van der Waals surface area contributed by atoms with E-state index in [2.05, 4.69) is 5.32 Å². The number of nitrogens with one attached hydrogen (secondary N) is 1. The van der Waals surface area contributed by atoms with E-state index in [0.717, 1.165) is 19.4 Å². The number of carbonyl (C=O) groups excluding carboxylic acids is 1. The van der Waals surface area contributed by atoms with E-state index in [9.17, 15) is 4.79 Å². The molecular weight excluding hydrogens is 182 g/mol. The summed E-state index contributed by atoms with van der Waals surface area (Å²) in [5, 5.41) is 3.18. The van der Waals surface area contributed by atoms with Gasteiger partial charge in [-0.05, 0) is 13.5 Å². The first-order valence-corrected chi connectivity index (χ1v) is 5.13. The van der Waals surface area contributed by atoms with Gasteiger partial charge in [-0.3, -0.25) is 4.79 Å². The highest BCUT2D eigenvalue weighted by atomic mass is 16.5. The van der Waals surface area contributed by atoms with Crippen molar-refractivity contribution in [3.8, 4) is 0 Å². The summed E-state index contributed by atoms with van der Waals surface area (Å²) in [4.78, 5) is 11.5. The summed E-state index contributed by atoms with van der Waals surface area (Å²) in [7, 11) is 1.43. The first-order chi connectivity index (χ1) is 6.68. The highest BCUT2D eigenvalue weighted by molar-refractivity contribution is 5.82. The molecule has 82 valence electrons. The molecule has 0 aliphatic heterocycles. The third kappa shape index (κ3) is 2.07. The van der Waals surface area contributed by atoms with E-state index in [1.54, 1.807) is 0 Å². The van der Waals surface area contributed by atoms with Crippen LogP contribution in [0.3, 0.4) is 0 Å². The summed E-state index contributed by atoms with van der Waals surface area (Å²) in [6.45, 7) is 5.42. The molecule has 1 rings (SSSR count). The van der Waals surface area contributed by atoms with Gasteiger partial charge in [0.1, 0.15) is 5.54 Å². The fourth-order valence-corrected chi connectivity index (χ4v) is 1.99. The molecule has 0 aromatic rings. The van der Waals surface area contributed by atoms with Crippen LogP contribution in [-0.2, 0) is 14.3 Å². The monoisotopic (exact) mass is 201 g/mol. The molecule has 0 heterocycles. The fourth-order valence-electron chi connectivity index (χ4n) is 1.99. The molecule has 0 spiro atoms. The Morgan fingerprint density at radius 3 is 2.57 bits per heavy atom. The van der Waals surface area contributed by atoms with Crippen LogP contribution in [0.1, 0.15) is 26.7 Å². The smallest absolute Gasteiger partial charge is 0.326 e. The minimum atomic E-state index is -0.483. The average Bonchev–Trinajstić information content (AvgIpc) is 2.13. The van der Waals surface area contributed by atoms with Crippen LogP contribution >= 0.6 is 0 Å². The van der Waals surface area contributed by atoms with Crippen molar-refractivity contribution in [3.05, 3.63) is 0 Å². The van der Waals surface area contributed by atoms with E-state index in [1.165, 1.54) is 7.11 Å². The molecule has 0 unspecified atom stereocenters. The first-order valence-electron chi connectivity index (χ1n) is 5.13. The highest BCUT2D eigenvalue weighted by Gasteiger charge is 2.51. The van der Waals surface area contributed by atoms with Gasteiger partial charge in [0.2, 0.25) is 0 Å². The summed E-state index contributed by atoms with van der Waals surface area (Å²) < 4.78 is 10.2. The fraction of sp³-hybridized carbons (Fsp3) is 0.900. The van der Waals surface area contributed by atoms with E-state index in [0.29, 0.717) is 6.61 Å². The zero-order valence-electron chi connectivity index (χ0n) is 9.13. The molecule has 0 aromatic carbocycles. The Morgan fingerprint density at radius 2 is 2.14 bits per heavy atom. The summed E-state index contributed by atoms with van der Waals surface area (Å²) in [6.07, 6.45) is 1.65. The Balaban J connectivity index is 2.48. The second kappa shape index (κ2) is 4.75. The normalized spacial score (nSPS) is 30.9. The van der Waals surface area contributed by atoms with Gasteiger partial charge in [-0.1, -0.05) is 6.92 Å². The van der Waals surface area contributed by atoms with Crippen LogP contribution in [-0.4, -0.2) is 37.9 Å². The standard InChI is InChI=1S/C10H19NO3/c1-4-11-10(9(12)13-3)6-8(7-10)14-5-2/h8,11H,4-7H2,1-3H3. The number of hydrogen-bond donors (Lipinski definition) is 1. The molecule has 0 radical (unpaired) electrons. The molecule has 1 aliphatic rings. The van der Waals surface area contributed by atoms with E-state index < -0.39 is 5.54 Å². The summed E-state index contributed by atoms with van der Waals surface area (Å²) >= 11 is 0. The number of methoxy groups -OCH3 is 1. The van der Waals surface area contributed by atoms with Crippen LogP contribution in [0.5, 0.6) is 0 Å². The summed E-state index contributed by atoms with van der Waals surface area (Å²) in [6, 6.07) is 0. The molecule has 1 N–H and O–H groups in total. The molecule has 0 amide bonds. The number of carbonyl (C=O) groups is 1. The van der Waals surface area contributed by atoms with Crippen molar-refractivity contribution >= 4 is 5.97 Å². The minimum absolute atomic E-state index is 0.171. The zero-order valence-corrected chi connectivity index (χ0v) is 9.13. The van der Waals surface area contributed by atoms with Crippen LogP contribution in [0, 0.1) is 0 Å². The lowest BCUT2D eigenvalue weighted by molar-refractivity contribution is -0.161. The van der Waals surface area contributed by atoms with E-state index >= 15 is 0 Å². The lowest BCUT2D eigenvalue weighted by Crippen LogP contribution is -2.63. The Bertz CT molecular complexity index is 200. The second-order valence-corrected chi connectivity index (χ2v) is 3.59. The number of hydrogen-bond acceptors (Lipinski definition) is 4. The number of likely N-dealkylation sites (N-methyl/N-ethyl adjacent to an activating group) is 1. The van der Waals surface area contributed by atoms with Gasteiger partial charge in [0.15, 0.2) is 0 Å². The third-order valence-electron chi connectivity index (χ3n) is 2.65. The predicted octanol–water partition coefficient (Wildman–Crippen LogP) is 0.707. The van der Waals surface area contributed by atoms with Crippen LogP contribution in [0.4, 0.5) is 0 Å². The Kier molecular flexibility index (Phi) is 3.89. The molecule has 14 heavy (non-hydrogen) atoms. The quantitative estimate of drug-likeness (QED) is 0.665. The summed E-state index contributed by atoms with van der Waals surface area (Å²) in [5.74, 6) is -0.171. The maximum Gasteiger partial charge on any atom is 0.326 e. The average molecular weight is 201 g/mol. The SMILES string of the molecule is CCNC1(C(=O)OC)CC(OCC)C1. The lowest BCUT2D eigenvalue weighted by atomic mass is 9.74. The van der Waals surface area contributed by atoms with Crippen molar-refractivity contribution in [2.24, 2.45) is 0 Å². The molecule has 1 fully saturated rings. The maximum absolute atomic E-state index is 11.5. The van der Waals surface area contributed by atoms with Crippen molar-refractivity contribution in [1.29, 1.82) is 0 Å². The maximum atomic E-state index is 11.5. The van der Waals surface area contributed by atoms with Crippen molar-refractivity contribution in [3.63, 3.8) is 0 Å². The predicted molar refractivity (Wildman–Crippen MR) is 53.1 cm³/mol. The lowest BCUT2D eigenvalue weighted by Gasteiger charge is -2.45. The van der Waals surface area contributed by atoms with E-state index in [-0.39, 0.29) is 12.1 Å². The van der Waals surface area contributed by atoms with Gasteiger partial charge in [-0.2, -0.15) is 0 Å². The molecule has 0 bridgehead atoms. The van der Waals surface area contributed by atoms with E-state index in [1.807, 2.05) is 13.8 Å². The zero-order chi connectivity index (χ0) is 10.6. The van der Waals surface area contributed by atoms with E-state index in [4.69, 9.17) is 9.47 Å². The number of rotatable bonds is 5. The Labute approximate surface area is 85.0 Å². The first kappa shape index (κ1) is 11.5. The van der Waals surface area contributed by atoms with Crippen LogP contribution in [0.2, 0.25) is 0 Å². The van der Waals surface area contributed by atoms with Crippen molar-refractivity contribution in [2.75, 3.05) is 20.3 Å². The number of esters is 1. The number of ether oxygens (including phenoxy) is 2. The van der Waals surface area contributed by atoms with Gasteiger partial charge >= 0.3 is 5.97 Å². The Morgan fingerprint density at radius 1 is 1.50 bits per heavy atom. The molecule has 1 saturated carbocycles.